The van der Waals surface area contributed by atoms with Gasteiger partial charge in [0.1, 0.15) is 6.04 Å². The molecule has 0 saturated carbocycles. The molecule has 0 aliphatic rings. The minimum absolute atomic E-state index is 0.0943. The predicted octanol–water partition coefficient (Wildman–Crippen LogP) is 3.71. The van der Waals surface area contributed by atoms with E-state index in [0.717, 1.165) is 5.56 Å². The van der Waals surface area contributed by atoms with Gasteiger partial charge in [-0.15, -0.1) is 0 Å². The standard InChI is InChI=1S/C16H14Cl3NO4S/c1-24-16(21)15(8-10-2-4-11(17)5-3-10)20-25(22,23)12-6-7-13(18)14(19)9-12/h2-7,9,15,20H,8H2,1H3. The maximum atomic E-state index is 12.5. The first-order valence-corrected chi connectivity index (χ1v) is 9.64. The van der Waals surface area contributed by atoms with Crippen molar-refractivity contribution in [3.63, 3.8) is 0 Å². The second-order valence-electron chi connectivity index (χ2n) is 5.10. The van der Waals surface area contributed by atoms with E-state index >= 15 is 0 Å². The third kappa shape index (κ3) is 5.33. The molecule has 0 amide bonds. The highest BCUT2D eigenvalue weighted by Gasteiger charge is 2.27. The van der Waals surface area contributed by atoms with E-state index in [9.17, 15) is 13.2 Å². The van der Waals surface area contributed by atoms with Gasteiger partial charge in [-0.3, -0.25) is 4.79 Å². The molecular weight excluding hydrogens is 409 g/mol. The predicted molar refractivity (Wildman–Crippen MR) is 97.7 cm³/mol. The lowest BCUT2D eigenvalue weighted by Crippen LogP contribution is -2.42. The van der Waals surface area contributed by atoms with Crippen LogP contribution in [0.3, 0.4) is 0 Å². The van der Waals surface area contributed by atoms with Gasteiger partial charge in [0.25, 0.3) is 0 Å². The number of methoxy groups -OCH3 is 1. The van der Waals surface area contributed by atoms with Gasteiger partial charge in [-0.2, -0.15) is 4.72 Å². The number of rotatable bonds is 6. The van der Waals surface area contributed by atoms with E-state index in [1.54, 1.807) is 24.3 Å². The van der Waals surface area contributed by atoms with Crippen molar-refractivity contribution in [2.24, 2.45) is 0 Å². The molecule has 0 aliphatic carbocycles. The first kappa shape index (κ1) is 20.0. The number of carbonyl (C=O) groups excluding carboxylic acids is 1. The van der Waals surface area contributed by atoms with Crippen molar-refractivity contribution in [1.29, 1.82) is 0 Å². The fourth-order valence-corrected chi connectivity index (χ4v) is 3.77. The highest BCUT2D eigenvalue weighted by atomic mass is 35.5. The van der Waals surface area contributed by atoms with Crippen LogP contribution in [0.1, 0.15) is 5.56 Å². The van der Waals surface area contributed by atoms with Crippen LogP contribution in [-0.2, 0) is 26.0 Å². The summed E-state index contributed by atoms with van der Waals surface area (Å²) < 4.78 is 32.1. The number of halogens is 3. The highest BCUT2D eigenvalue weighted by molar-refractivity contribution is 7.89. The molecule has 9 heteroatoms. The molecule has 0 bridgehead atoms. The number of esters is 1. The van der Waals surface area contributed by atoms with Gasteiger partial charge in [-0.1, -0.05) is 46.9 Å². The Morgan fingerprint density at radius 2 is 1.72 bits per heavy atom. The molecule has 25 heavy (non-hydrogen) atoms. The number of ether oxygens (including phenoxy) is 1. The quantitative estimate of drug-likeness (QED) is 0.720. The van der Waals surface area contributed by atoms with Gasteiger partial charge in [0.2, 0.25) is 10.0 Å². The molecule has 0 saturated heterocycles. The Kier molecular flexibility index (Phi) is 6.71. The van der Waals surface area contributed by atoms with Crippen molar-refractivity contribution < 1.29 is 17.9 Å². The molecule has 1 N–H and O–H groups in total. The smallest absolute Gasteiger partial charge is 0.324 e. The molecule has 0 heterocycles. The number of nitrogens with one attached hydrogen (secondary N) is 1. The molecular formula is C16H14Cl3NO4S. The summed E-state index contributed by atoms with van der Waals surface area (Å²) in [5.74, 6) is -0.710. The Morgan fingerprint density at radius 1 is 1.08 bits per heavy atom. The second-order valence-corrected chi connectivity index (χ2v) is 8.07. The number of hydrogen-bond donors (Lipinski definition) is 1. The Labute approximate surface area is 160 Å². The summed E-state index contributed by atoms with van der Waals surface area (Å²) in [7, 11) is -2.82. The third-order valence-electron chi connectivity index (χ3n) is 3.34. The van der Waals surface area contributed by atoms with Crippen LogP contribution in [-0.4, -0.2) is 27.5 Å². The molecule has 0 fully saturated rings. The number of sulfonamides is 1. The van der Waals surface area contributed by atoms with Crippen molar-refractivity contribution in [3.8, 4) is 0 Å². The van der Waals surface area contributed by atoms with Crippen LogP contribution in [0, 0.1) is 0 Å². The number of carbonyl (C=O) groups is 1. The van der Waals surface area contributed by atoms with Gasteiger partial charge in [-0.25, -0.2) is 8.42 Å². The number of hydrogen-bond acceptors (Lipinski definition) is 4. The van der Waals surface area contributed by atoms with Crippen molar-refractivity contribution in [2.45, 2.75) is 17.4 Å². The van der Waals surface area contributed by atoms with E-state index in [-0.39, 0.29) is 21.4 Å². The van der Waals surface area contributed by atoms with Crippen molar-refractivity contribution in [2.75, 3.05) is 7.11 Å². The van der Waals surface area contributed by atoms with Crippen molar-refractivity contribution >= 4 is 50.8 Å². The largest absolute Gasteiger partial charge is 0.468 e. The van der Waals surface area contributed by atoms with E-state index in [0.29, 0.717) is 5.02 Å². The zero-order valence-electron chi connectivity index (χ0n) is 13.0. The summed E-state index contributed by atoms with van der Waals surface area (Å²) in [6.45, 7) is 0. The summed E-state index contributed by atoms with van der Waals surface area (Å²) in [6, 6.07) is 9.47. The molecule has 1 unspecified atom stereocenters. The van der Waals surface area contributed by atoms with E-state index in [1.807, 2.05) is 0 Å². The molecule has 2 aromatic carbocycles. The summed E-state index contributed by atoms with van der Waals surface area (Å²) in [5.41, 5.74) is 0.719. The third-order valence-corrected chi connectivity index (χ3v) is 5.80. The zero-order chi connectivity index (χ0) is 18.6. The van der Waals surface area contributed by atoms with Crippen LogP contribution in [0.15, 0.2) is 47.4 Å². The topological polar surface area (TPSA) is 72.5 Å². The van der Waals surface area contributed by atoms with Crippen LogP contribution >= 0.6 is 34.8 Å². The Morgan fingerprint density at radius 3 is 2.28 bits per heavy atom. The molecule has 0 spiro atoms. The molecule has 2 aromatic rings. The zero-order valence-corrected chi connectivity index (χ0v) is 16.1. The maximum Gasteiger partial charge on any atom is 0.324 e. The maximum absolute atomic E-state index is 12.5. The summed E-state index contributed by atoms with van der Waals surface area (Å²) in [4.78, 5) is 11.9. The minimum atomic E-state index is -4.00. The van der Waals surface area contributed by atoms with Gasteiger partial charge in [0, 0.05) is 5.02 Å². The first-order valence-electron chi connectivity index (χ1n) is 7.02. The van der Waals surface area contributed by atoms with Crippen LogP contribution in [0.4, 0.5) is 0 Å². The number of benzene rings is 2. The van der Waals surface area contributed by atoms with E-state index in [4.69, 9.17) is 39.5 Å². The lowest BCUT2D eigenvalue weighted by atomic mass is 10.1. The molecule has 2 rings (SSSR count). The Bertz CT molecular complexity index is 869. The van der Waals surface area contributed by atoms with E-state index < -0.39 is 22.0 Å². The normalized spacial score (nSPS) is 12.6. The van der Waals surface area contributed by atoms with Gasteiger partial charge < -0.3 is 4.74 Å². The summed E-state index contributed by atoms with van der Waals surface area (Å²) >= 11 is 17.5. The second kappa shape index (κ2) is 8.38. The lowest BCUT2D eigenvalue weighted by Gasteiger charge is -2.17. The average molecular weight is 423 g/mol. The monoisotopic (exact) mass is 421 g/mol. The van der Waals surface area contributed by atoms with Crippen LogP contribution < -0.4 is 4.72 Å². The molecule has 0 radical (unpaired) electrons. The van der Waals surface area contributed by atoms with E-state index in [2.05, 4.69) is 4.72 Å². The minimum Gasteiger partial charge on any atom is -0.468 e. The van der Waals surface area contributed by atoms with Crippen LogP contribution in [0.2, 0.25) is 15.1 Å². The fraction of sp³-hybridized carbons (Fsp3) is 0.188. The van der Waals surface area contributed by atoms with Gasteiger partial charge in [0.15, 0.2) is 0 Å². The Balaban J connectivity index is 2.27. The van der Waals surface area contributed by atoms with Crippen LogP contribution in [0.5, 0.6) is 0 Å². The molecule has 0 aliphatic heterocycles. The summed E-state index contributed by atoms with van der Waals surface area (Å²) in [6.07, 6.45) is 0.102. The SMILES string of the molecule is COC(=O)C(Cc1ccc(Cl)cc1)NS(=O)(=O)c1ccc(Cl)c(Cl)c1. The van der Waals surface area contributed by atoms with Crippen molar-refractivity contribution in [1.82, 2.24) is 4.72 Å². The lowest BCUT2D eigenvalue weighted by molar-refractivity contribution is -0.142. The summed E-state index contributed by atoms with van der Waals surface area (Å²) in [5, 5.41) is 0.859. The van der Waals surface area contributed by atoms with Gasteiger partial charge in [-0.05, 0) is 42.3 Å². The van der Waals surface area contributed by atoms with Gasteiger partial charge in [0.05, 0.1) is 22.1 Å². The highest BCUT2D eigenvalue weighted by Crippen LogP contribution is 2.25. The average Bonchev–Trinajstić information content (AvgIpc) is 2.57. The molecule has 5 nitrogen and oxygen atoms in total. The van der Waals surface area contributed by atoms with Crippen molar-refractivity contribution in [3.05, 3.63) is 63.1 Å². The molecule has 1 atom stereocenters. The molecule has 0 aromatic heterocycles. The van der Waals surface area contributed by atoms with Crippen LogP contribution in [0.25, 0.3) is 0 Å². The van der Waals surface area contributed by atoms with E-state index in [1.165, 1.54) is 25.3 Å². The Hall–Kier alpha value is -1.31. The van der Waals surface area contributed by atoms with Gasteiger partial charge >= 0.3 is 5.97 Å². The fourth-order valence-electron chi connectivity index (χ4n) is 2.07. The first-order chi connectivity index (χ1) is 11.7. The molecule has 134 valence electrons.